The predicted molar refractivity (Wildman–Crippen MR) is 155 cm³/mol. The Hall–Kier alpha value is -3.28. The molecule has 0 bridgehead atoms. The van der Waals surface area contributed by atoms with E-state index in [-0.39, 0.29) is 17.9 Å². The standard InChI is InChI=1S/C31H35N4O2P/c1-22-26(33-25-19-13-8-14-20-25)27(30(22)36)32-21-31(2,3)37-38-34(4)28(23-15-9-6-10-16-23)29(35(38)5)24-17-11-7-12-18-24/h6-20,28-29,32-33H,1,21H2,2-5H3/t28-,29-/m1/s1. The highest BCUT2D eigenvalue weighted by molar-refractivity contribution is 7.47. The molecule has 1 aliphatic carbocycles. The molecule has 1 aliphatic heterocycles. The van der Waals surface area contributed by atoms with E-state index in [1.165, 1.54) is 11.1 Å². The van der Waals surface area contributed by atoms with Crippen LogP contribution >= 0.6 is 8.45 Å². The average Bonchev–Trinajstić information content (AvgIpc) is 3.18. The summed E-state index contributed by atoms with van der Waals surface area (Å²) in [6.07, 6.45) is 0. The molecule has 2 N–H and O–H groups in total. The lowest BCUT2D eigenvalue weighted by Crippen LogP contribution is -2.43. The lowest BCUT2D eigenvalue weighted by atomic mass is 9.92. The molecule has 0 radical (unpaired) electrons. The van der Waals surface area contributed by atoms with Crippen LogP contribution in [0, 0.1) is 0 Å². The summed E-state index contributed by atoms with van der Waals surface area (Å²) in [5.74, 6) is -0.0617. The van der Waals surface area contributed by atoms with E-state index < -0.39 is 14.1 Å². The zero-order chi connectivity index (χ0) is 26.9. The second-order valence-electron chi connectivity index (χ2n) is 10.4. The van der Waals surface area contributed by atoms with Crippen molar-refractivity contribution in [3.63, 3.8) is 0 Å². The van der Waals surface area contributed by atoms with E-state index in [2.05, 4.69) is 115 Å². The minimum atomic E-state index is -1.08. The fourth-order valence-electron chi connectivity index (χ4n) is 5.06. The van der Waals surface area contributed by atoms with Crippen molar-refractivity contribution < 1.29 is 9.32 Å². The molecule has 0 saturated carbocycles. The van der Waals surface area contributed by atoms with E-state index in [4.69, 9.17) is 4.52 Å². The number of carbonyl (C=O) groups is 1. The van der Waals surface area contributed by atoms with Gasteiger partial charge in [0.05, 0.1) is 23.4 Å². The first-order valence-corrected chi connectivity index (χ1v) is 14.0. The number of anilines is 1. The largest absolute Gasteiger partial charge is 0.377 e. The maximum Gasteiger partial charge on any atom is 0.212 e. The van der Waals surface area contributed by atoms with Crippen LogP contribution in [0.2, 0.25) is 0 Å². The maximum absolute atomic E-state index is 12.6. The molecule has 1 saturated heterocycles. The second kappa shape index (κ2) is 10.8. The number of benzene rings is 3. The number of nitrogens with zero attached hydrogens (tertiary/aromatic N) is 2. The normalized spacial score (nSPS) is 21.1. The molecule has 0 unspecified atom stereocenters. The van der Waals surface area contributed by atoms with Crippen molar-refractivity contribution >= 4 is 19.9 Å². The molecule has 6 nitrogen and oxygen atoms in total. The van der Waals surface area contributed by atoms with Crippen LogP contribution < -0.4 is 10.6 Å². The van der Waals surface area contributed by atoms with Gasteiger partial charge in [-0.1, -0.05) is 85.4 Å². The lowest BCUT2D eigenvalue weighted by Gasteiger charge is -2.36. The summed E-state index contributed by atoms with van der Waals surface area (Å²) >= 11 is 0. The highest BCUT2D eigenvalue weighted by Gasteiger charge is 2.48. The van der Waals surface area contributed by atoms with E-state index in [1.54, 1.807) is 0 Å². The molecule has 2 aliphatic rings. The summed E-state index contributed by atoms with van der Waals surface area (Å²) in [7, 11) is 3.22. The Bertz CT molecular complexity index is 1280. The Labute approximate surface area is 226 Å². The lowest BCUT2D eigenvalue weighted by molar-refractivity contribution is -0.113. The van der Waals surface area contributed by atoms with Gasteiger partial charge in [-0.2, -0.15) is 0 Å². The molecule has 1 fully saturated rings. The topological polar surface area (TPSA) is 56.8 Å². The number of ketones is 1. The summed E-state index contributed by atoms with van der Waals surface area (Å²) in [6.45, 7) is 8.56. The Morgan fingerprint density at radius 2 is 1.29 bits per heavy atom. The van der Waals surface area contributed by atoms with Crippen LogP contribution in [-0.4, -0.2) is 41.4 Å². The van der Waals surface area contributed by atoms with Crippen LogP contribution in [-0.2, 0) is 9.32 Å². The number of nitrogens with one attached hydrogen (secondary N) is 2. The third-order valence-corrected chi connectivity index (χ3v) is 9.28. The van der Waals surface area contributed by atoms with Gasteiger partial charge < -0.3 is 15.2 Å². The number of rotatable bonds is 9. The number of Topliss-reactive ketones (excluding diaryl/α,β-unsaturated/α-hetero) is 1. The van der Waals surface area contributed by atoms with Gasteiger partial charge in [0, 0.05) is 17.8 Å². The number of hydrogen-bond acceptors (Lipinski definition) is 6. The van der Waals surface area contributed by atoms with E-state index in [0.29, 0.717) is 17.8 Å². The molecular weight excluding hydrogens is 491 g/mol. The third-order valence-electron chi connectivity index (χ3n) is 7.04. The molecule has 5 rings (SSSR count). The van der Waals surface area contributed by atoms with Gasteiger partial charge in [0.2, 0.25) is 5.78 Å². The maximum atomic E-state index is 12.6. The molecule has 38 heavy (non-hydrogen) atoms. The first-order valence-electron chi connectivity index (χ1n) is 12.9. The Balaban J connectivity index is 1.34. The van der Waals surface area contributed by atoms with Crippen LogP contribution in [0.25, 0.3) is 0 Å². The van der Waals surface area contributed by atoms with Crippen LogP contribution in [0.1, 0.15) is 37.1 Å². The zero-order valence-corrected chi connectivity index (χ0v) is 23.3. The van der Waals surface area contributed by atoms with Crippen molar-refractivity contribution in [2.75, 3.05) is 26.0 Å². The predicted octanol–water partition coefficient (Wildman–Crippen LogP) is 6.42. The quantitative estimate of drug-likeness (QED) is 0.248. The highest BCUT2D eigenvalue weighted by Crippen LogP contribution is 2.64. The third kappa shape index (κ3) is 5.18. The van der Waals surface area contributed by atoms with Gasteiger partial charge in [0.25, 0.3) is 0 Å². The average molecular weight is 527 g/mol. The highest BCUT2D eigenvalue weighted by atomic mass is 31.2. The van der Waals surface area contributed by atoms with Gasteiger partial charge in [-0.05, 0) is 51.2 Å². The van der Waals surface area contributed by atoms with Crippen LogP contribution in [0.15, 0.2) is 115 Å². The molecule has 3 aromatic carbocycles. The number of para-hydroxylation sites is 1. The first-order chi connectivity index (χ1) is 18.3. The second-order valence-corrected chi connectivity index (χ2v) is 12.3. The molecule has 196 valence electrons. The fourth-order valence-corrected chi connectivity index (χ4v) is 7.22. The van der Waals surface area contributed by atoms with Crippen molar-refractivity contribution in [1.29, 1.82) is 0 Å². The Morgan fingerprint density at radius 1 is 0.816 bits per heavy atom. The van der Waals surface area contributed by atoms with E-state index in [1.807, 2.05) is 30.3 Å². The van der Waals surface area contributed by atoms with Crippen LogP contribution in [0.3, 0.4) is 0 Å². The van der Waals surface area contributed by atoms with Crippen molar-refractivity contribution in [3.05, 3.63) is 126 Å². The molecular formula is C31H35N4O2P. The van der Waals surface area contributed by atoms with Gasteiger partial charge in [0.1, 0.15) is 5.70 Å². The van der Waals surface area contributed by atoms with Crippen molar-refractivity contribution in [3.8, 4) is 0 Å². The molecule has 3 aromatic rings. The molecule has 1 heterocycles. The van der Waals surface area contributed by atoms with Gasteiger partial charge in [-0.3, -0.25) is 4.79 Å². The zero-order valence-electron chi connectivity index (χ0n) is 22.4. The van der Waals surface area contributed by atoms with E-state index in [9.17, 15) is 4.79 Å². The monoisotopic (exact) mass is 526 g/mol. The Kier molecular flexibility index (Phi) is 7.51. The van der Waals surface area contributed by atoms with Crippen molar-refractivity contribution in [1.82, 2.24) is 14.7 Å². The van der Waals surface area contributed by atoms with Crippen molar-refractivity contribution in [2.45, 2.75) is 31.5 Å². The van der Waals surface area contributed by atoms with Crippen LogP contribution in [0.5, 0.6) is 0 Å². The summed E-state index contributed by atoms with van der Waals surface area (Å²) in [5.41, 5.74) is 4.70. The van der Waals surface area contributed by atoms with E-state index >= 15 is 0 Å². The number of allylic oxidation sites excluding steroid dienone is 2. The van der Waals surface area contributed by atoms with Gasteiger partial charge in [-0.25, -0.2) is 9.34 Å². The summed E-state index contributed by atoms with van der Waals surface area (Å²) in [5, 5.41) is 6.68. The van der Waals surface area contributed by atoms with E-state index in [0.717, 1.165) is 11.4 Å². The summed E-state index contributed by atoms with van der Waals surface area (Å²) in [4.78, 5) is 12.6. The molecule has 0 amide bonds. The Morgan fingerprint density at radius 3 is 1.79 bits per heavy atom. The number of likely N-dealkylation sites (N-methyl/N-ethyl adjacent to an activating group) is 2. The summed E-state index contributed by atoms with van der Waals surface area (Å²) in [6, 6.07) is 31.4. The van der Waals surface area contributed by atoms with Crippen LogP contribution in [0.4, 0.5) is 5.69 Å². The summed E-state index contributed by atoms with van der Waals surface area (Å²) < 4.78 is 11.6. The number of carbonyl (C=O) groups excluding carboxylic acids is 1. The minimum absolute atomic E-state index is 0.0617. The first kappa shape index (κ1) is 26.3. The SMILES string of the molecule is C=C1C(=O)C(NCC(C)(C)OP2N(C)[C@H](c3ccccc3)[C@@H](c3ccccc3)N2C)=C1Nc1ccccc1. The fraction of sp³-hybridized carbons (Fsp3) is 0.258. The van der Waals surface area contributed by atoms with Gasteiger partial charge in [0.15, 0.2) is 8.45 Å². The van der Waals surface area contributed by atoms with Gasteiger partial charge >= 0.3 is 0 Å². The van der Waals surface area contributed by atoms with Gasteiger partial charge in [-0.15, -0.1) is 0 Å². The molecule has 7 heteroatoms. The number of hydrogen-bond donors (Lipinski definition) is 2. The smallest absolute Gasteiger partial charge is 0.212 e. The van der Waals surface area contributed by atoms with Crippen molar-refractivity contribution in [2.24, 2.45) is 0 Å². The molecule has 2 atom stereocenters. The minimum Gasteiger partial charge on any atom is -0.377 e. The molecule has 0 aromatic heterocycles. The molecule has 0 spiro atoms.